The van der Waals surface area contributed by atoms with Crippen molar-refractivity contribution in [1.82, 2.24) is 0 Å². The van der Waals surface area contributed by atoms with Crippen LogP contribution in [-0.2, 0) is 19.1 Å². The Bertz CT molecular complexity index is 770. The standard InChI is InChI=1S/C17H18Cl2N2O6/c1-9-5-14(22)10(11(9)7-21(25)26)6-16(24)27-8-15(23)20-13-4-2-3-12(18)17(13)19/h2-4,9-11H,5-8H2,1H3,(H,20,23)/t9-,10+,11-/m1/s1. The summed E-state index contributed by atoms with van der Waals surface area (Å²) in [5.74, 6) is -3.03. The summed E-state index contributed by atoms with van der Waals surface area (Å²) < 4.78 is 4.90. The SMILES string of the molecule is C[C@@H]1CC(=O)[C@@H](CC(=O)OCC(=O)Nc2cccc(Cl)c2Cl)[C@@H]1C[N+](=O)[O-]. The van der Waals surface area contributed by atoms with Crippen LogP contribution in [0.2, 0.25) is 10.0 Å². The van der Waals surface area contributed by atoms with Crippen molar-refractivity contribution in [2.24, 2.45) is 17.8 Å². The van der Waals surface area contributed by atoms with Crippen molar-refractivity contribution in [1.29, 1.82) is 0 Å². The normalized spacial score (nSPS) is 21.7. The van der Waals surface area contributed by atoms with E-state index in [-0.39, 0.29) is 46.8 Å². The summed E-state index contributed by atoms with van der Waals surface area (Å²) in [6.45, 7) is 0.802. The molecule has 3 atom stereocenters. The van der Waals surface area contributed by atoms with Crippen molar-refractivity contribution in [2.75, 3.05) is 18.5 Å². The summed E-state index contributed by atoms with van der Waals surface area (Å²) in [6, 6.07) is 4.69. The summed E-state index contributed by atoms with van der Waals surface area (Å²) in [5.41, 5.74) is 0.274. The monoisotopic (exact) mass is 416 g/mol. The Morgan fingerprint density at radius 3 is 2.74 bits per heavy atom. The molecule has 1 N–H and O–H groups in total. The number of nitro groups is 1. The van der Waals surface area contributed by atoms with Crippen LogP contribution in [0.15, 0.2) is 18.2 Å². The molecule has 1 aliphatic rings. The number of nitrogens with one attached hydrogen (secondary N) is 1. The van der Waals surface area contributed by atoms with Crippen LogP contribution in [0.5, 0.6) is 0 Å². The number of benzene rings is 1. The van der Waals surface area contributed by atoms with Gasteiger partial charge in [-0.1, -0.05) is 36.2 Å². The van der Waals surface area contributed by atoms with Crippen molar-refractivity contribution < 1.29 is 24.0 Å². The number of anilines is 1. The van der Waals surface area contributed by atoms with Gasteiger partial charge in [0.25, 0.3) is 5.91 Å². The highest BCUT2D eigenvalue weighted by Gasteiger charge is 2.44. The second-order valence-electron chi connectivity index (χ2n) is 6.45. The Kier molecular flexibility index (Phi) is 7.15. The molecule has 1 aliphatic carbocycles. The fourth-order valence-electron chi connectivity index (χ4n) is 3.17. The van der Waals surface area contributed by atoms with Crippen LogP contribution < -0.4 is 5.32 Å². The summed E-state index contributed by atoms with van der Waals surface area (Å²) in [4.78, 5) is 46.2. The van der Waals surface area contributed by atoms with E-state index in [1.54, 1.807) is 19.1 Å². The van der Waals surface area contributed by atoms with Crippen molar-refractivity contribution >= 4 is 46.5 Å². The van der Waals surface area contributed by atoms with Gasteiger partial charge in [-0.3, -0.25) is 24.5 Å². The zero-order chi connectivity index (χ0) is 20.1. The Morgan fingerprint density at radius 2 is 2.07 bits per heavy atom. The van der Waals surface area contributed by atoms with Crippen LogP contribution in [-0.4, -0.2) is 35.7 Å². The first-order valence-electron chi connectivity index (χ1n) is 8.23. The number of esters is 1. The van der Waals surface area contributed by atoms with Crippen molar-refractivity contribution in [2.45, 2.75) is 19.8 Å². The molecule has 0 aliphatic heterocycles. The van der Waals surface area contributed by atoms with E-state index in [0.717, 1.165) is 0 Å². The van der Waals surface area contributed by atoms with Crippen LogP contribution in [0, 0.1) is 27.9 Å². The van der Waals surface area contributed by atoms with E-state index >= 15 is 0 Å². The third kappa shape index (κ3) is 5.64. The zero-order valence-corrected chi connectivity index (χ0v) is 16.0. The highest BCUT2D eigenvalue weighted by atomic mass is 35.5. The Balaban J connectivity index is 1.88. The third-order valence-corrected chi connectivity index (χ3v) is 5.34. The molecule has 1 saturated carbocycles. The van der Waals surface area contributed by atoms with Gasteiger partial charge in [0.2, 0.25) is 6.54 Å². The van der Waals surface area contributed by atoms with E-state index in [2.05, 4.69) is 5.32 Å². The van der Waals surface area contributed by atoms with Crippen LogP contribution in [0.4, 0.5) is 5.69 Å². The molecule has 1 fully saturated rings. The van der Waals surface area contributed by atoms with Gasteiger partial charge in [-0.25, -0.2) is 0 Å². The number of nitrogens with zero attached hydrogens (tertiary/aromatic N) is 1. The number of ketones is 1. The van der Waals surface area contributed by atoms with Crippen LogP contribution in [0.25, 0.3) is 0 Å². The van der Waals surface area contributed by atoms with Gasteiger partial charge in [-0.05, 0) is 18.1 Å². The van der Waals surface area contributed by atoms with Gasteiger partial charge >= 0.3 is 5.97 Å². The van der Waals surface area contributed by atoms with E-state index in [1.165, 1.54) is 6.07 Å². The molecule has 0 aromatic heterocycles. The lowest BCUT2D eigenvalue weighted by Crippen LogP contribution is -2.28. The Hall–Kier alpha value is -2.19. The van der Waals surface area contributed by atoms with Gasteiger partial charge in [0.1, 0.15) is 5.78 Å². The lowest BCUT2D eigenvalue weighted by atomic mass is 9.88. The quantitative estimate of drug-likeness (QED) is 0.414. The number of hydrogen-bond acceptors (Lipinski definition) is 6. The van der Waals surface area contributed by atoms with Crippen molar-refractivity contribution in [3.63, 3.8) is 0 Å². The predicted molar refractivity (Wildman–Crippen MR) is 98.3 cm³/mol. The average molecular weight is 417 g/mol. The summed E-state index contributed by atoms with van der Waals surface area (Å²) in [5, 5.41) is 13.7. The smallest absolute Gasteiger partial charge is 0.307 e. The number of Topliss-reactive ketones (excluding diaryl/α,β-unsaturated/α-hetero) is 1. The fourth-order valence-corrected chi connectivity index (χ4v) is 3.52. The van der Waals surface area contributed by atoms with Gasteiger partial charge in [-0.2, -0.15) is 0 Å². The van der Waals surface area contributed by atoms with Crippen LogP contribution in [0.1, 0.15) is 19.8 Å². The molecule has 0 bridgehead atoms. The molecule has 10 heteroatoms. The number of carbonyl (C=O) groups is 3. The lowest BCUT2D eigenvalue weighted by molar-refractivity contribution is -0.490. The Labute approximate surface area is 165 Å². The van der Waals surface area contributed by atoms with Gasteiger partial charge in [0.15, 0.2) is 6.61 Å². The molecule has 1 aromatic carbocycles. The highest BCUT2D eigenvalue weighted by molar-refractivity contribution is 6.44. The molecule has 0 radical (unpaired) electrons. The van der Waals surface area contributed by atoms with Crippen LogP contribution >= 0.6 is 23.2 Å². The maximum atomic E-state index is 12.0. The molecule has 0 heterocycles. The predicted octanol–water partition coefficient (Wildman–Crippen LogP) is 2.98. The highest BCUT2D eigenvalue weighted by Crippen LogP contribution is 2.36. The fraction of sp³-hybridized carbons (Fsp3) is 0.471. The molecule has 0 saturated heterocycles. The molecular weight excluding hydrogens is 399 g/mol. The van der Waals surface area contributed by atoms with Gasteiger partial charge in [0.05, 0.1) is 22.2 Å². The minimum absolute atomic E-state index is 0.159. The summed E-state index contributed by atoms with van der Waals surface area (Å²) in [6.07, 6.45) is -0.0862. The molecule has 1 aromatic rings. The maximum Gasteiger partial charge on any atom is 0.307 e. The molecule has 2 rings (SSSR count). The van der Waals surface area contributed by atoms with Gasteiger partial charge < -0.3 is 10.1 Å². The first-order valence-corrected chi connectivity index (χ1v) is 8.98. The number of rotatable bonds is 7. The average Bonchev–Trinajstić information content (AvgIpc) is 2.83. The number of carbonyl (C=O) groups excluding carboxylic acids is 3. The second kappa shape index (κ2) is 9.14. The molecule has 146 valence electrons. The molecular formula is C17H18Cl2N2O6. The molecule has 27 heavy (non-hydrogen) atoms. The molecule has 8 nitrogen and oxygen atoms in total. The number of hydrogen-bond donors (Lipinski definition) is 1. The zero-order valence-electron chi connectivity index (χ0n) is 14.4. The lowest BCUT2D eigenvalue weighted by Gasteiger charge is -2.17. The molecule has 0 unspecified atom stereocenters. The van der Waals surface area contributed by atoms with Crippen molar-refractivity contribution in [3.8, 4) is 0 Å². The largest absolute Gasteiger partial charge is 0.456 e. The number of amides is 1. The maximum absolute atomic E-state index is 12.0. The molecule has 0 spiro atoms. The van der Waals surface area contributed by atoms with E-state index in [1.807, 2.05) is 0 Å². The summed E-state index contributed by atoms with van der Waals surface area (Å²) >= 11 is 11.8. The number of halogens is 2. The third-order valence-electron chi connectivity index (χ3n) is 4.52. The molecule has 1 amide bonds. The minimum atomic E-state index is -0.761. The second-order valence-corrected chi connectivity index (χ2v) is 7.23. The first-order chi connectivity index (χ1) is 12.7. The van der Waals surface area contributed by atoms with Crippen LogP contribution in [0.3, 0.4) is 0 Å². The summed E-state index contributed by atoms with van der Waals surface area (Å²) in [7, 11) is 0. The van der Waals surface area contributed by atoms with Gasteiger partial charge in [0, 0.05) is 23.2 Å². The number of ether oxygens (including phenoxy) is 1. The van der Waals surface area contributed by atoms with E-state index in [4.69, 9.17) is 27.9 Å². The van der Waals surface area contributed by atoms with E-state index in [9.17, 15) is 24.5 Å². The first kappa shape index (κ1) is 21.1. The minimum Gasteiger partial charge on any atom is -0.456 e. The van der Waals surface area contributed by atoms with Crippen molar-refractivity contribution in [3.05, 3.63) is 38.4 Å². The Morgan fingerprint density at radius 1 is 1.37 bits per heavy atom. The van der Waals surface area contributed by atoms with Gasteiger partial charge in [-0.15, -0.1) is 0 Å². The van der Waals surface area contributed by atoms with E-state index in [0.29, 0.717) is 0 Å². The topological polar surface area (TPSA) is 116 Å². The van der Waals surface area contributed by atoms with E-state index < -0.39 is 35.2 Å².